The molecular formula is C13H15F2NO. The smallest absolute Gasteiger partial charge is 0.387 e. The Morgan fingerprint density at radius 1 is 1.12 bits per heavy atom. The second kappa shape index (κ2) is 3.86. The maximum Gasteiger partial charge on any atom is 0.387 e. The van der Waals surface area contributed by atoms with Crippen molar-refractivity contribution in [1.82, 2.24) is 0 Å². The molecule has 17 heavy (non-hydrogen) atoms. The molecule has 0 saturated heterocycles. The van der Waals surface area contributed by atoms with Crippen molar-refractivity contribution in [2.45, 2.75) is 44.1 Å². The van der Waals surface area contributed by atoms with E-state index in [-0.39, 0.29) is 0 Å². The van der Waals surface area contributed by atoms with E-state index in [1.165, 1.54) is 0 Å². The first-order valence-corrected chi connectivity index (χ1v) is 6.04. The lowest BCUT2D eigenvalue weighted by Crippen LogP contribution is -2.08. The molecule has 0 aliphatic heterocycles. The SMILES string of the molecule is Nc1ccc(C2CC2)c(OC(F)F)c1C1CC1. The summed E-state index contributed by atoms with van der Waals surface area (Å²) >= 11 is 0. The van der Waals surface area contributed by atoms with Crippen LogP contribution in [0.5, 0.6) is 5.75 Å². The van der Waals surface area contributed by atoms with Crippen LogP contribution in [-0.2, 0) is 0 Å². The van der Waals surface area contributed by atoms with Crippen LogP contribution in [0.4, 0.5) is 14.5 Å². The van der Waals surface area contributed by atoms with Crippen molar-refractivity contribution in [3.63, 3.8) is 0 Å². The molecule has 0 heterocycles. The number of benzene rings is 1. The first kappa shape index (κ1) is 10.8. The number of hydrogen-bond donors (Lipinski definition) is 1. The zero-order valence-electron chi connectivity index (χ0n) is 9.46. The molecule has 0 unspecified atom stereocenters. The Morgan fingerprint density at radius 2 is 1.76 bits per heavy atom. The van der Waals surface area contributed by atoms with Gasteiger partial charge in [-0.1, -0.05) is 6.07 Å². The summed E-state index contributed by atoms with van der Waals surface area (Å²) in [5.74, 6) is 1.08. The van der Waals surface area contributed by atoms with E-state index in [0.29, 0.717) is 23.3 Å². The molecule has 2 saturated carbocycles. The van der Waals surface area contributed by atoms with Crippen LogP contribution in [0.1, 0.15) is 48.6 Å². The summed E-state index contributed by atoms with van der Waals surface area (Å²) in [5, 5.41) is 0. The Kier molecular flexibility index (Phi) is 2.45. The molecule has 2 N–H and O–H groups in total. The lowest BCUT2D eigenvalue weighted by Gasteiger charge is -2.16. The standard InChI is InChI=1S/C13H15F2NO/c14-13(15)17-12-9(7-1-2-7)5-6-10(16)11(12)8-3-4-8/h5-8,13H,1-4,16H2. The number of nitrogen functional groups attached to an aromatic ring is 1. The minimum atomic E-state index is -2.77. The summed E-state index contributed by atoms with van der Waals surface area (Å²) in [6.45, 7) is -2.77. The van der Waals surface area contributed by atoms with Gasteiger partial charge in [0.2, 0.25) is 0 Å². The third-order valence-electron chi connectivity index (χ3n) is 3.47. The van der Waals surface area contributed by atoms with Crippen LogP contribution in [0.2, 0.25) is 0 Å². The minimum absolute atomic E-state index is 0.322. The summed E-state index contributed by atoms with van der Waals surface area (Å²) in [5.41, 5.74) is 8.23. The molecule has 0 aromatic heterocycles. The number of ether oxygens (including phenoxy) is 1. The van der Waals surface area contributed by atoms with Crippen molar-refractivity contribution in [2.24, 2.45) is 0 Å². The average molecular weight is 239 g/mol. The average Bonchev–Trinajstić information content (AvgIpc) is 3.12. The zero-order valence-corrected chi connectivity index (χ0v) is 9.46. The van der Waals surface area contributed by atoms with Gasteiger partial charge < -0.3 is 10.5 Å². The van der Waals surface area contributed by atoms with Crippen molar-refractivity contribution in [1.29, 1.82) is 0 Å². The van der Waals surface area contributed by atoms with Gasteiger partial charge in [-0.2, -0.15) is 8.78 Å². The normalized spacial score (nSPS) is 19.7. The summed E-state index contributed by atoms with van der Waals surface area (Å²) in [6, 6.07) is 3.68. The predicted octanol–water partition coefficient (Wildman–Crippen LogP) is 3.63. The molecule has 2 aliphatic rings. The molecule has 0 amide bonds. The highest BCUT2D eigenvalue weighted by Crippen LogP contribution is 2.53. The Hall–Kier alpha value is -1.32. The second-order valence-corrected chi connectivity index (χ2v) is 4.91. The van der Waals surface area contributed by atoms with E-state index in [0.717, 1.165) is 36.8 Å². The number of rotatable bonds is 4. The molecule has 2 aliphatic carbocycles. The van der Waals surface area contributed by atoms with Crippen molar-refractivity contribution < 1.29 is 13.5 Å². The van der Waals surface area contributed by atoms with E-state index in [1.807, 2.05) is 12.1 Å². The van der Waals surface area contributed by atoms with Crippen molar-refractivity contribution in [3.8, 4) is 5.75 Å². The Morgan fingerprint density at radius 3 is 2.29 bits per heavy atom. The zero-order chi connectivity index (χ0) is 12.0. The highest BCUT2D eigenvalue weighted by Gasteiger charge is 2.35. The quantitative estimate of drug-likeness (QED) is 0.814. The molecular weight excluding hydrogens is 224 g/mol. The van der Waals surface area contributed by atoms with Gasteiger partial charge in [0.15, 0.2) is 0 Å². The van der Waals surface area contributed by atoms with Gasteiger partial charge in [0, 0.05) is 11.3 Å². The maximum absolute atomic E-state index is 12.5. The summed E-state index contributed by atoms with van der Waals surface area (Å²) in [7, 11) is 0. The second-order valence-electron chi connectivity index (χ2n) is 4.91. The Bertz CT molecular complexity index is 439. The van der Waals surface area contributed by atoms with Crippen LogP contribution in [-0.4, -0.2) is 6.61 Å². The minimum Gasteiger partial charge on any atom is -0.434 e. The number of alkyl halides is 2. The molecule has 0 bridgehead atoms. The molecule has 4 heteroatoms. The van der Waals surface area contributed by atoms with E-state index in [9.17, 15) is 8.78 Å². The van der Waals surface area contributed by atoms with Crippen LogP contribution >= 0.6 is 0 Å². The summed E-state index contributed by atoms with van der Waals surface area (Å²) in [6.07, 6.45) is 4.18. The molecule has 0 radical (unpaired) electrons. The molecule has 0 spiro atoms. The van der Waals surface area contributed by atoms with Crippen LogP contribution in [0.3, 0.4) is 0 Å². The molecule has 1 aromatic carbocycles. The van der Waals surface area contributed by atoms with Gasteiger partial charge in [-0.3, -0.25) is 0 Å². The topological polar surface area (TPSA) is 35.2 Å². The lowest BCUT2D eigenvalue weighted by atomic mass is 10.00. The van der Waals surface area contributed by atoms with Gasteiger partial charge in [-0.05, 0) is 49.1 Å². The van der Waals surface area contributed by atoms with E-state index >= 15 is 0 Å². The predicted molar refractivity (Wildman–Crippen MR) is 61.4 cm³/mol. The number of hydrogen-bond acceptors (Lipinski definition) is 2. The molecule has 2 nitrogen and oxygen atoms in total. The number of halogens is 2. The summed E-state index contributed by atoms with van der Waals surface area (Å²) in [4.78, 5) is 0. The van der Waals surface area contributed by atoms with Gasteiger partial charge in [0.05, 0.1) is 0 Å². The van der Waals surface area contributed by atoms with Crippen LogP contribution < -0.4 is 10.5 Å². The Labute approximate surface area is 98.8 Å². The van der Waals surface area contributed by atoms with Gasteiger partial charge in [0.25, 0.3) is 0 Å². The van der Waals surface area contributed by atoms with Crippen molar-refractivity contribution in [3.05, 3.63) is 23.3 Å². The van der Waals surface area contributed by atoms with E-state index in [1.54, 1.807) is 0 Å². The monoisotopic (exact) mass is 239 g/mol. The molecule has 1 aromatic rings. The van der Waals surface area contributed by atoms with E-state index in [2.05, 4.69) is 0 Å². The van der Waals surface area contributed by atoms with Gasteiger partial charge in [-0.25, -0.2) is 0 Å². The maximum atomic E-state index is 12.5. The van der Waals surface area contributed by atoms with Gasteiger partial charge in [0.1, 0.15) is 5.75 Å². The van der Waals surface area contributed by atoms with Crippen LogP contribution in [0, 0.1) is 0 Å². The fourth-order valence-electron chi connectivity index (χ4n) is 2.36. The third kappa shape index (κ3) is 2.08. The van der Waals surface area contributed by atoms with Crippen LogP contribution in [0.15, 0.2) is 12.1 Å². The highest BCUT2D eigenvalue weighted by molar-refractivity contribution is 5.62. The molecule has 2 fully saturated rings. The number of anilines is 1. The molecule has 92 valence electrons. The summed E-state index contributed by atoms with van der Waals surface area (Å²) < 4.78 is 29.8. The first-order valence-electron chi connectivity index (χ1n) is 6.04. The van der Waals surface area contributed by atoms with Gasteiger partial charge >= 0.3 is 6.61 Å². The fourth-order valence-corrected chi connectivity index (χ4v) is 2.36. The van der Waals surface area contributed by atoms with Crippen LogP contribution in [0.25, 0.3) is 0 Å². The van der Waals surface area contributed by atoms with E-state index in [4.69, 9.17) is 10.5 Å². The highest BCUT2D eigenvalue weighted by atomic mass is 19.3. The number of nitrogens with two attached hydrogens (primary N) is 1. The molecule has 3 rings (SSSR count). The lowest BCUT2D eigenvalue weighted by molar-refractivity contribution is -0.0509. The largest absolute Gasteiger partial charge is 0.434 e. The van der Waals surface area contributed by atoms with E-state index < -0.39 is 6.61 Å². The van der Waals surface area contributed by atoms with Gasteiger partial charge in [-0.15, -0.1) is 0 Å². The third-order valence-corrected chi connectivity index (χ3v) is 3.47. The van der Waals surface area contributed by atoms with Crippen molar-refractivity contribution >= 4 is 5.69 Å². The Balaban J connectivity index is 2.06. The fraction of sp³-hybridized carbons (Fsp3) is 0.538. The van der Waals surface area contributed by atoms with Crippen molar-refractivity contribution in [2.75, 3.05) is 5.73 Å². The first-order chi connectivity index (χ1) is 8.16. The molecule has 0 atom stereocenters.